The van der Waals surface area contributed by atoms with Crippen molar-refractivity contribution in [1.29, 1.82) is 0 Å². The van der Waals surface area contributed by atoms with Crippen molar-refractivity contribution in [3.8, 4) is 0 Å². The van der Waals surface area contributed by atoms with Gasteiger partial charge in [0.25, 0.3) is 0 Å². The Labute approximate surface area is 71.4 Å². The molecule has 1 aromatic rings. The van der Waals surface area contributed by atoms with Crippen molar-refractivity contribution in [3.05, 3.63) is 18.2 Å². The number of nitrogens with zero attached hydrogens (tertiary/aromatic N) is 1. The minimum Gasteiger partial charge on any atom is -0.348 e. The maximum atomic E-state index is 10.5. The SMILES string of the molecule is CCN[C@@H](C=O)Cc1cnc[nH]1. The molecule has 0 unspecified atom stereocenters. The van der Waals surface area contributed by atoms with Gasteiger partial charge in [-0.25, -0.2) is 4.98 Å². The fourth-order valence-corrected chi connectivity index (χ4v) is 1.06. The number of likely N-dealkylation sites (N-methyl/N-ethyl adjacent to an activating group) is 1. The van der Waals surface area contributed by atoms with Crippen molar-refractivity contribution in [2.75, 3.05) is 6.54 Å². The Balaban J connectivity index is 2.42. The van der Waals surface area contributed by atoms with Crippen LogP contribution in [-0.4, -0.2) is 28.8 Å². The highest BCUT2D eigenvalue weighted by Gasteiger charge is 2.06. The van der Waals surface area contributed by atoms with E-state index in [0.717, 1.165) is 18.5 Å². The first-order chi connectivity index (χ1) is 5.86. The molecule has 0 spiro atoms. The van der Waals surface area contributed by atoms with E-state index in [-0.39, 0.29) is 6.04 Å². The summed E-state index contributed by atoms with van der Waals surface area (Å²) in [4.78, 5) is 17.3. The van der Waals surface area contributed by atoms with Crippen LogP contribution in [0.25, 0.3) is 0 Å². The summed E-state index contributed by atoms with van der Waals surface area (Å²) in [7, 11) is 0. The maximum absolute atomic E-state index is 10.5. The highest BCUT2D eigenvalue weighted by Crippen LogP contribution is 1.95. The van der Waals surface area contributed by atoms with E-state index in [1.54, 1.807) is 12.5 Å². The van der Waals surface area contributed by atoms with Gasteiger partial charge in [-0.1, -0.05) is 6.92 Å². The number of aromatic amines is 1. The number of hydrogen-bond donors (Lipinski definition) is 2. The summed E-state index contributed by atoms with van der Waals surface area (Å²) in [6.07, 6.45) is 4.94. The van der Waals surface area contributed by atoms with Crippen molar-refractivity contribution < 1.29 is 4.79 Å². The first kappa shape index (κ1) is 8.93. The smallest absolute Gasteiger partial charge is 0.137 e. The van der Waals surface area contributed by atoms with Crippen LogP contribution in [0.1, 0.15) is 12.6 Å². The van der Waals surface area contributed by atoms with E-state index in [9.17, 15) is 4.79 Å². The molecule has 0 fully saturated rings. The van der Waals surface area contributed by atoms with Crippen molar-refractivity contribution in [2.24, 2.45) is 0 Å². The molecule has 0 aliphatic carbocycles. The van der Waals surface area contributed by atoms with Crippen LogP contribution in [-0.2, 0) is 11.2 Å². The summed E-state index contributed by atoms with van der Waals surface area (Å²) in [5, 5.41) is 3.05. The van der Waals surface area contributed by atoms with E-state index in [1.807, 2.05) is 6.92 Å². The van der Waals surface area contributed by atoms with Gasteiger partial charge in [0, 0.05) is 18.3 Å². The molecule has 1 rings (SSSR count). The summed E-state index contributed by atoms with van der Waals surface area (Å²) in [5.74, 6) is 0. The van der Waals surface area contributed by atoms with Crippen molar-refractivity contribution in [2.45, 2.75) is 19.4 Å². The van der Waals surface area contributed by atoms with E-state index in [2.05, 4.69) is 15.3 Å². The number of rotatable bonds is 5. The second-order valence-electron chi connectivity index (χ2n) is 2.58. The van der Waals surface area contributed by atoms with E-state index in [0.29, 0.717) is 6.42 Å². The molecular formula is C8H13N3O. The highest BCUT2D eigenvalue weighted by atomic mass is 16.1. The predicted octanol–water partition coefficient (Wildman–Crippen LogP) is 0.129. The highest BCUT2D eigenvalue weighted by molar-refractivity contribution is 5.58. The lowest BCUT2D eigenvalue weighted by Crippen LogP contribution is -2.32. The number of aromatic nitrogens is 2. The standard InChI is InChI=1S/C8H13N3O/c1-2-10-8(5-12)3-7-4-9-6-11-7/h4-6,8,10H,2-3H2,1H3,(H,9,11)/t8-/m1/s1. The van der Waals surface area contributed by atoms with E-state index < -0.39 is 0 Å². The average Bonchev–Trinajstić information content (AvgIpc) is 2.56. The Kier molecular flexibility index (Phi) is 3.47. The summed E-state index contributed by atoms with van der Waals surface area (Å²) >= 11 is 0. The first-order valence-corrected chi connectivity index (χ1v) is 4.02. The molecular weight excluding hydrogens is 154 g/mol. The normalized spacial score (nSPS) is 12.8. The summed E-state index contributed by atoms with van der Waals surface area (Å²) < 4.78 is 0. The maximum Gasteiger partial charge on any atom is 0.137 e. The summed E-state index contributed by atoms with van der Waals surface area (Å²) in [5.41, 5.74) is 0.980. The van der Waals surface area contributed by atoms with Crippen LogP contribution < -0.4 is 5.32 Å². The zero-order chi connectivity index (χ0) is 8.81. The van der Waals surface area contributed by atoms with Crippen LogP contribution in [0.3, 0.4) is 0 Å². The third-order valence-corrected chi connectivity index (χ3v) is 1.63. The van der Waals surface area contributed by atoms with Crippen molar-refractivity contribution >= 4 is 6.29 Å². The van der Waals surface area contributed by atoms with Gasteiger partial charge in [-0.15, -0.1) is 0 Å². The number of carbonyl (C=O) groups excluding carboxylic acids is 1. The lowest BCUT2D eigenvalue weighted by molar-refractivity contribution is -0.109. The van der Waals surface area contributed by atoms with Crippen LogP contribution in [0.15, 0.2) is 12.5 Å². The van der Waals surface area contributed by atoms with E-state index >= 15 is 0 Å². The predicted molar refractivity (Wildman–Crippen MR) is 45.8 cm³/mol. The van der Waals surface area contributed by atoms with Gasteiger partial charge in [0.05, 0.1) is 12.4 Å². The number of carbonyl (C=O) groups is 1. The first-order valence-electron chi connectivity index (χ1n) is 4.02. The molecule has 0 saturated carbocycles. The van der Waals surface area contributed by atoms with Gasteiger partial charge in [-0.3, -0.25) is 0 Å². The van der Waals surface area contributed by atoms with Gasteiger partial charge >= 0.3 is 0 Å². The monoisotopic (exact) mass is 167 g/mol. The molecule has 4 nitrogen and oxygen atoms in total. The molecule has 0 saturated heterocycles. The number of H-pyrrole nitrogens is 1. The molecule has 1 atom stereocenters. The molecule has 0 aromatic carbocycles. The van der Waals surface area contributed by atoms with E-state index in [4.69, 9.17) is 0 Å². The van der Waals surface area contributed by atoms with Crippen LogP contribution in [0.4, 0.5) is 0 Å². The number of imidazole rings is 1. The van der Waals surface area contributed by atoms with Crippen molar-refractivity contribution in [1.82, 2.24) is 15.3 Å². The van der Waals surface area contributed by atoms with Crippen molar-refractivity contribution in [3.63, 3.8) is 0 Å². The second-order valence-corrected chi connectivity index (χ2v) is 2.58. The average molecular weight is 167 g/mol. The molecule has 0 amide bonds. The Morgan fingerprint density at radius 1 is 1.83 bits per heavy atom. The van der Waals surface area contributed by atoms with Crippen LogP contribution >= 0.6 is 0 Å². The molecule has 0 aliphatic heterocycles. The van der Waals surface area contributed by atoms with Crippen LogP contribution in [0, 0.1) is 0 Å². The quantitative estimate of drug-likeness (QED) is 0.613. The van der Waals surface area contributed by atoms with Gasteiger partial charge < -0.3 is 15.1 Å². The third kappa shape index (κ3) is 2.47. The molecule has 0 bridgehead atoms. The van der Waals surface area contributed by atoms with Gasteiger partial charge in [0.1, 0.15) is 6.29 Å². The topological polar surface area (TPSA) is 57.8 Å². The fourth-order valence-electron chi connectivity index (χ4n) is 1.06. The molecule has 66 valence electrons. The third-order valence-electron chi connectivity index (χ3n) is 1.63. The number of aldehydes is 1. The number of nitrogens with one attached hydrogen (secondary N) is 2. The molecule has 1 heterocycles. The lowest BCUT2D eigenvalue weighted by Gasteiger charge is -2.08. The zero-order valence-corrected chi connectivity index (χ0v) is 7.08. The molecule has 12 heavy (non-hydrogen) atoms. The van der Waals surface area contributed by atoms with Crippen LogP contribution in [0.5, 0.6) is 0 Å². The summed E-state index contributed by atoms with van der Waals surface area (Å²) in [6.45, 7) is 2.78. The largest absolute Gasteiger partial charge is 0.348 e. The second kappa shape index (κ2) is 4.66. The van der Waals surface area contributed by atoms with Gasteiger partial charge in [0.2, 0.25) is 0 Å². The van der Waals surface area contributed by atoms with Gasteiger partial charge in [-0.2, -0.15) is 0 Å². The summed E-state index contributed by atoms with van der Waals surface area (Å²) in [6, 6.07) is -0.101. The minimum atomic E-state index is -0.101. The fraction of sp³-hybridized carbons (Fsp3) is 0.500. The van der Waals surface area contributed by atoms with Gasteiger partial charge in [-0.05, 0) is 6.54 Å². The van der Waals surface area contributed by atoms with Crippen LogP contribution in [0.2, 0.25) is 0 Å². The molecule has 4 heteroatoms. The minimum absolute atomic E-state index is 0.101. The molecule has 0 radical (unpaired) electrons. The molecule has 1 aromatic heterocycles. The zero-order valence-electron chi connectivity index (χ0n) is 7.08. The Bertz CT molecular complexity index is 220. The Morgan fingerprint density at radius 3 is 3.17 bits per heavy atom. The van der Waals surface area contributed by atoms with Gasteiger partial charge in [0.15, 0.2) is 0 Å². The molecule has 0 aliphatic rings. The Morgan fingerprint density at radius 2 is 2.67 bits per heavy atom. The van der Waals surface area contributed by atoms with E-state index in [1.165, 1.54) is 0 Å². The molecule has 2 N–H and O–H groups in total. The Hall–Kier alpha value is -1.16. The lowest BCUT2D eigenvalue weighted by atomic mass is 10.2. The number of hydrogen-bond acceptors (Lipinski definition) is 3.